The van der Waals surface area contributed by atoms with Crippen molar-refractivity contribution in [3.63, 3.8) is 0 Å². The van der Waals surface area contributed by atoms with Crippen LogP contribution in [0.2, 0.25) is 0 Å². The number of nitrogens with one attached hydrogen (secondary N) is 1. The molecule has 0 heterocycles. The smallest absolute Gasteiger partial charge is 0.309 e. The van der Waals surface area contributed by atoms with E-state index in [2.05, 4.69) is 4.74 Å². The summed E-state index contributed by atoms with van der Waals surface area (Å²) in [6.07, 6.45) is 0.233. The van der Waals surface area contributed by atoms with Crippen molar-refractivity contribution in [1.82, 2.24) is 0 Å². The first-order valence-corrected chi connectivity index (χ1v) is 4.22. The molecule has 1 aromatic carbocycles. The number of aryl methyl sites for hydroxylation is 1. The summed E-state index contributed by atoms with van der Waals surface area (Å²) in [5.74, 6) is -0.285. The van der Waals surface area contributed by atoms with Crippen LogP contribution < -0.4 is 5.18 Å². The average Bonchev–Trinajstić information content (AvgIpc) is 2.18. The Morgan fingerprint density at radius 2 is 2.21 bits per heavy atom. The molecule has 0 atom stereocenters. The van der Waals surface area contributed by atoms with Crippen molar-refractivity contribution in [1.29, 1.82) is 0 Å². The number of methoxy groups -OCH3 is 1. The Morgan fingerprint density at radius 1 is 1.50 bits per heavy atom. The van der Waals surface area contributed by atoms with Gasteiger partial charge in [0.25, 0.3) is 5.69 Å². The molecule has 1 rings (SSSR count). The molecule has 0 fully saturated rings. The van der Waals surface area contributed by atoms with Crippen LogP contribution in [0.1, 0.15) is 11.1 Å². The first-order chi connectivity index (χ1) is 6.67. The van der Waals surface area contributed by atoms with Gasteiger partial charge in [0.2, 0.25) is 0 Å². The van der Waals surface area contributed by atoms with Crippen LogP contribution in [0, 0.1) is 11.8 Å². The lowest BCUT2D eigenvalue weighted by atomic mass is 10.1. The summed E-state index contributed by atoms with van der Waals surface area (Å²) in [6, 6.07) is 5.17. The lowest BCUT2D eigenvalue weighted by molar-refractivity contribution is -0.380. The van der Waals surface area contributed by atoms with Gasteiger partial charge in [-0.05, 0) is 18.6 Å². The molecule has 0 unspecified atom stereocenters. The van der Waals surface area contributed by atoms with Gasteiger partial charge in [0.15, 0.2) is 0 Å². The molecular formula is C10H12NO3+. The van der Waals surface area contributed by atoms with E-state index in [1.807, 2.05) is 5.18 Å². The van der Waals surface area contributed by atoms with Gasteiger partial charge < -0.3 is 4.74 Å². The fourth-order valence-electron chi connectivity index (χ4n) is 1.19. The van der Waals surface area contributed by atoms with Crippen molar-refractivity contribution < 1.29 is 14.7 Å². The molecule has 1 N–H and O–H groups in total. The van der Waals surface area contributed by atoms with Gasteiger partial charge in [0, 0.05) is 21.7 Å². The third kappa shape index (κ3) is 2.39. The summed E-state index contributed by atoms with van der Waals surface area (Å²) >= 11 is 0. The number of hydrogen-bond donors (Lipinski definition) is 1. The standard InChI is InChI=1S/C10H11NO3/c1-7-5-8(6-10(12)14-2)3-4-9(7)11-13/h3-5H,6H2,1-2H3/p+1. The van der Waals surface area contributed by atoms with E-state index in [4.69, 9.17) is 0 Å². The van der Waals surface area contributed by atoms with Gasteiger partial charge in [-0.25, -0.2) is 0 Å². The number of esters is 1. The van der Waals surface area contributed by atoms with Gasteiger partial charge in [-0.1, -0.05) is 6.07 Å². The summed E-state index contributed by atoms with van der Waals surface area (Å²) < 4.78 is 4.53. The highest BCUT2D eigenvalue weighted by molar-refractivity contribution is 5.72. The van der Waals surface area contributed by atoms with Crippen LogP contribution >= 0.6 is 0 Å². The second-order valence-corrected chi connectivity index (χ2v) is 3.00. The van der Waals surface area contributed by atoms with E-state index in [-0.39, 0.29) is 12.4 Å². The maximum atomic E-state index is 10.9. The molecule has 0 aromatic heterocycles. The number of rotatable bonds is 3. The highest BCUT2D eigenvalue weighted by Gasteiger charge is 2.07. The molecule has 0 aliphatic carbocycles. The third-order valence-electron chi connectivity index (χ3n) is 1.98. The zero-order chi connectivity index (χ0) is 10.6. The number of nitroso groups, excluding NO2 is 1. The topological polar surface area (TPSA) is 57.3 Å². The summed E-state index contributed by atoms with van der Waals surface area (Å²) in [7, 11) is 1.35. The molecule has 1 aromatic rings. The van der Waals surface area contributed by atoms with E-state index in [9.17, 15) is 9.70 Å². The van der Waals surface area contributed by atoms with Gasteiger partial charge in [0.1, 0.15) is 0 Å². The van der Waals surface area contributed by atoms with Crippen molar-refractivity contribution in [3.8, 4) is 0 Å². The molecular weight excluding hydrogens is 182 g/mol. The minimum Gasteiger partial charge on any atom is -0.469 e. The van der Waals surface area contributed by atoms with Crippen LogP contribution in [0.5, 0.6) is 0 Å². The Balaban J connectivity index is 2.86. The maximum Gasteiger partial charge on any atom is 0.309 e. The SMILES string of the molecule is COC(=O)Cc1ccc([NH+]=O)c(C)c1. The quantitative estimate of drug-likeness (QED) is 0.699. The fourth-order valence-corrected chi connectivity index (χ4v) is 1.19. The van der Waals surface area contributed by atoms with Crippen molar-refractivity contribution >= 4 is 11.7 Å². The summed E-state index contributed by atoms with van der Waals surface area (Å²) in [6.45, 7) is 1.81. The van der Waals surface area contributed by atoms with Crippen molar-refractivity contribution in [2.45, 2.75) is 13.3 Å². The number of ether oxygens (including phenoxy) is 1. The van der Waals surface area contributed by atoms with Crippen LogP contribution in [-0.2, 0) is 16.0 Å². The molecule has 74 valence electrons. The second-order valence-electron chi connectivity index (χ2n) is 3.00. The van der Waals surface area contributed by atoms with E-state index in [0.717, 1.165) is 11.1 Å². The summed E-state index contributed by atoms with van der Waals surface area (Å²) in [4.78, 5) is 21.3. The molecule has 0 aliphatic heterocycles. The van der Waals surface area contributed by atoms with Gasteiger partial charge in [0.05, 0.1) is 13.5 Å². The lowest BCUT2D eigenvalue weighted by Gasteiger charge is -2.00. The van der Waals surface area contributed by atoms with Crippen molar-refractivity contribution in [3.05, 3.63) is 34.2 Å². The van der Waals surface area contributed by atoms with Gasteiger partial charge in [-0.3, -0.25) is 4.79 Å². The zero-order valence-corrected chi connectivity index (χ0v) is 8.16. The monoisotopic (exact) mass is 194 g/mol. The van der Waals surface area contributed by atoms with Crippen LogP contribution in [0.15, 0.2) is 18.2 Å². The minimum absolute atomic E-state index is 0.233. The highest BCUT2D eigenvalue weighted by atomic mass is 16.5. The van der Waals surface area contributed by atoms with E-state index < -0.39 is 0 Å². The fraction of sp³-hybridized carbons (Fsp3) is 0.300. The van der Waals surface area contributed by atoms with E-state index >= 15 is 0 Å². The minimum atomic E-state index is -0.285. The molecule has 4 heteroatoms. The Morgan fingerprint density at radius 3 is 2.71 bits per heavy atom. The third-order valence-corrected chi connectivity index (χ3v) is 1.98. The number of carbonyl (C=O) groups excluding carboxylic acids is 1. The van der Waals surface area contributed by atoms with Crippen molar-refractivity contribution in [2.75, 3.05) is 7.11 Å². The number of benzene rings is 1. The van der Waals surface area contributed by atoms with Crippen LogP contribution in [0.3, 0.4) is 0 Å². The van der Waals surface area contributed by atoms with E-state index in [1.54, 1.807) is 25.1 Å². The first kappa shape index (κ1) is 10.4. The Labute approximate surface area is 81.9 Å². The van der Waals surface area contributed by atoms with E-state index in [0.29, 0.717) is 5.69 Å². The molecule has 0 spiro atoms. The van der Waals surface area contributed by atoms with E-state index in [1.165, 1.54) is 7.11 Å². The molecule has 4 nitrogen and oxygen atoms in total. The van der Waals surface area contributed by atoms with Gasteiger partial charge in [-0.2, -0.15) is 0 Å². The average molecular weight is 194 g/mol. The second kappa shape index (κ2) is 4.50. The normalized spacial score (nSPS) is 9.57. The first-order valence-electron chi connectivity index (χ1n) is 4.22. The largest absolute Gasteiger partial charge is 0.469 e. The Bertz CT molecular complexity index is 360. The molecule has 0 saturated carbocycles. The molecule has 0 aliphatic rings. The molecule has 14 heavy (non-hydrogen) atoms. The zero-order valence-electron chi connectivity index (χ0n) is 8.16. The van der Waals surface area contributed by atoms with Crippen LogP contribution in [-0.4, -0.2) is 13.1 Å². The maximum absolute atomic E-state index is 10.9. The lowest BCUT2D eigenvalue weighted by Crippen LogP contribution is -2.56. The van der Waals surface area contributed by atoms with Gasteiger partial charge >= 0.3 is 5.97 Å². The highest BCUT2D eigenvalue weighted by Crippen LogP contribution is 2.11. The number of hydrogen-bond acceptors (Lipinski definition) is 3. The predicted octanol–water partition coefficient (Wildman–Crippen LogP) is 0.189. The molecule has 0 amide bonds. The van der Waals surface area contributed by atoms with Gasteiger partial charge in [-0.15, -0.1) is 0 Å². The van der Waals surface area contributed by atoms with Crippen molar-refractivity contribution in [2.24, 2.45) is 0 Å². The summed E-state index contributed by atoms with van der Waals surface area (Å²) in [5, 5.41) is 1.82. The summed E-state index contributed by atoms with van der Waals surface area (Å²) in [5.41, 5.74) is 2.19. The van der Waals surface area contributed by atoms with Crippen LogP contribution in [0.25, 0.3) is 0 Å². The molecule has 0 radical (unpaired) electrons. The Hall–Kier alpha value is -1.71. The molecule has 0 saturated heterocycles. The predicted molar refractivity (Wildman–Crippen MR) is 50.9 cm³/mol. The van der Waals surface area contributed by atoms with Crippen LogP contribution in [0.4, 0.5) is 5.69 Å². The molecule has 0 bridgehead atoms. The number of carbonyl (C=O) groups is 1. The Kier molecular flexibility index (Phi) is 3.34.